The van der Waals surface area contributed by atoms with Crippen LogP contribution < -0.4 is 10.9 Å². The number of amides is 2. The van der Waals surface area contributed by atoms with Gasteiger partial charge < -0.3 is 15.2 Å². The van der Waals surface area contributed by atoms with Gasteiger partial charge in [0.15, 0.2) is 0 Å². The Morgan fingerprint density at radius 1 is 1.15 bits per heavy atom. The van der Waals surface area contributed by atoms with Crippen molar-refractivity contribution in [2.24, 2.45) is 0 Å². The Hall–Kier alpha value is -2.96. The SMILES string of the molecule is Cc1nc(C)c(CCC(=O)Nc2ccc(C(=O)N3CCCC3)cc2)c(=O)[nH]1. The minimum atomic E-state index is -0.197. The molecule has 2 amide bonds. The molecular weight excluding hydrogens is 344 g/mol. The molecule has 2 heterocycles. The van der Waals surface area contributed by atoms with Crippen LogP contribution in [0.3, 0.4) is 0 Å². The first kappa shape index (κ1) is 18.8. The maximum atomic E-state index is 12.3. The maximum absolute atomic E-state index is 12.3. The minimum absolute atomic E-state index is 0.0342. The van der Waals surface area contributed by atoms with E-state index in [1.165, 1.54) is 0 Å². The molecule has 0 unspecified atom stereocenters. The Morgan fingerprint density at radius 3 is 2.44 bits per heavy atom. The second-order valence-electron chi connectivity index (χ2n) is 6.84. The van der Waals surface area contributed by atoms with Gasteiger partial charge >= 0.3 is 0 Å². The lowest BCUT2D eigenvalue weighted by Gasteiger charge is -2.15. The van der Waals surface area contributed by atoms with E-state index in [0.717, 1.165) is 25.9 Å². The molecule has 0 bridgehead atoms. The number of hydrogen-bond donors (Lipinski definition) is 2. The van der Waals surface area contributed by atoms with Gasteiger partial charge in [-0.3, -0.25) is 14.4 Å². The summed E-state index contributed by atoms with van der Waals surface area (Å²) in [4.78, 5) is 45.2. The fraction of sp³-hybridized carbons (Fsp3) is 0.400. The third-order valence-electron chi connectivity index (χ3n) is 4.75. The largest absolute Gasteiger partial charge is 0.339 e. The number of aromatic nitrogens is 2. The summed E-state index contributed by atoms with van der Waals surface area (Å²) in [6.45, 7) is 5.11. The third-order valence-corrected chi connectivity index (χ3v) is 4.75. The first-order chi connectivity index (χ1) is 12.9. The molecule has 27 heavy (non-hydrogen) atoms. The average Bonchev–Trinajstić information content (AvgIpc) is 3.15. The van der Waals surface area contributed by atoms with Crippen LogP contribution in [0.2, 0.25) is 0 Å². The zero-order chi connectivity index (χ0) is 19.4. The standard InChI is InChI=1S/C20H24N4O3/c1-13-17(19(26)22-14(2)21-13)9-10-18(25)23-16-7-5-15(6-8-16)20(27)24-11-3-4-12-24/h5-8H,3-4,9-12H2,1-2H3,(H,23,25)(H,21,22,26). The average molecular weight is 368 g/mol. The zero-order valence-corrected chi connectivity index (χ0v) is 15.7. The van der Waals surface area contributed by atoms with Crippen LogP contribution >= 0.6 is 0 Å². The van der Waals surface area contributed by atoms with Crippen LogP contribution in [0.4, 0.5) is 5.69 Å². The molecule has 2 aromatic rings. The van der Waals surface area contributed by atoms with E-state index in [0.29, 0.717) is 34.8 Å². The van der Waals surface area contributed by atoms with Crippen LogP contribution in [0, 0.1) is 13.8 Å². The number of carbonyl (C=O) groups excluding carboxylic acids is 2. The molecule has 0 spiro atoms. The molecule has 1 aliphatic rings. The predicted molar refractivity (Wildman–Crippen MR) is 103 cm³/mol. The Bertz CT molecular complexity index is 896. The quantitative estimate of drug-likeness (QED) is 0.846. The van der Waals surface area contributed by atoms with E-state index in [1.54, 1.807) is 38.1 Å². The molecule has 0 atom stereocenters. The highest BCUT2D eigenvalue weighted by molar-refractivity contribution is 5.96. The number of benzene rings is 1. The van der Waals surface area contributed by atoms with Gasteiger partial charge in [0.2, 0.25) is 5.91 Å². The van der Waals surface area contributed by atoms with Crippen molar-refractivity contribution in [1.29, 1.82) is 0 Å². The number of nitrogens with one attached hydrogen (secondary N) is 2. The Morgan fingerprint density at radius 2 is 1.81 bits per heavy atom. The molecule has 0 aliphatic carbocycles. The summed E-state index contributed by atoms with van der Waals surface area (Å²) in [5, 5.41) is 2.80. The third kappa shape index (κ3) is 4.61. The summed E-state index contributed by atoms with van der Waals surface area (Å²) in [5.74, 6) is 0.411. The first-order valence-electron chi connectivity index (χ1n) is 9.19. The minimum Gasteiger partial charge on any atom is -0.339 e. The van der Waals surface area contributed by atoms with E-state index in [1.807, 2.05) is 4.90 Å². The number of hydrogen-bond acceptors (Lipinski definition) is 4. The number of nitrogens with zero attached hydrogens (tertiary/aromatic N) is 2. The van der Waals surface area contributed by atoms with Crippen molar-refractivity contribution in [2.45, 2.75) is 39.5 Å². The molecule has 0 saturated carbocycles. The fourth-order valence-electron chi connectivity index (χ4n) is 3.31. The summed E-state index contributed by atoms with van der Waals surface area (Å²) < 4.78 is 0. The van der Waals surface area contributed by atoms with Crippen molar-refractivity contribution in [1.82, 2.24) is 14.9 Å². The van der Waals surface area contributed by atoms with Crippen LogP contribution in [0.15, 0.2) is 29.1 Å². The molecule has 2 N–H and O–H groups in total. The second kappa shape index (κ2) is 8.16. The van der Waals surface area contributed by atoms with E-state index in [2.05, 4.69) is 15.3 Å². The van der Waals surface area contributed by atoms with Gasteiger partial charge in [-0.2, -0.15) is 0 Å². The van der Waals surface area contributed by atoms with Crippen molar-refractivity contribution >= 4 is 17.5 Å². The molecule has 1 saturated heterocycles. The molecular formula is C20H24N4O3. The Balaban J connectivity index is 1.56. The van der Waals surface area contributed by atoms with E-state index in [4.69, 9.17) is 0 Å². The monoisotopic (exact) mass is 368 g/mol. The summed E-state index contributed by atoms with van der Waals surface area (Å²) in [6.07, 6.45) is 2.62. The molecule has 0 radical (unpaired) electrons. The molecule has 142 valence electrons. The van der Waals surface area contributed by atoms with Crippen molar-refractivity contribution in [3.8, 4) is 0 Å². The first-order valence-corrected chi connectivity index (χ1v) is 9.19. The van der Waals surface area contributed by atoms with E-state index in [-0.39, 0.29) is 23.8 Å². The van der Waals surface area contributed by atoms with Crippen LogP contribution in [0.1, 0.15) is 46.7 Å². The van der Waals surface area contributed by atoms with Gasteiger partial charge in [0.25, 0.3) is 11.5 Å². The summed E-state index contributed by atoms with van der Waals surface area (Å²) in [5.41, 5.74) is 2.24. The summed E-state index contributed by atoms with van der Waals surface area (Å²) in [7, 11) is 0. The highest BCUT2D eigenvalue weighted by Crippen LogP contribution is 2.16. The molecule has 7 nitrogen and oxygen atoms in total. The lowest BCUT2D eigenvalue weighted by Crippen LogP contribution is -2.27. The molecule has 1 fully saturated rings. The van der Waals surface area contributed by atoms with Gasteiger partial charge in [0.05, 0.1) is 0 Å². The van der Waals surface area contributed by atoms with Crippen LogP contribution in [0.5, 0.6) is 0 Å². The van der Waals surface area contributed by atoms with Crippen LogP contribution in [-0.2, 0) is 11.2 Å². The van der Waals surface area contributed by atoms with E-state index < -0.39 is 0 Å². The zero-order valence-electron chi connectivity index (χ0n) is 15.7. The van der Waals surface area contributed by atoms with E-state index in [9.17, 15) is 14.4 Å². The highest BCUT2D eigenvalue weighted by Gasteiger charge is 2.19. The fourth-order valence-corrected chi connectivity index (χ4v) is 3.31. The molecule has 1 aliphatic heterocycles. The second-order valence-corrected chi connectivity index (χ2v) is 6.84. The Labute approximate surface area is 157 Å². The maximum Gasteiger partial charge on any atom is 0.254 e. The number of H-pyrrole nitrogens is 1. The number of rotatable bonds is 5. The van der Waals surface area contributed by atoms with Gasteiger partial charge in [0, 0.05) is 42.0 Å². The van der Waals surface area contributed by atoms with Gasteiger partial charge in [-0.25, -0.2) is 4.98 Å². The molecule has 1 aromatic carbocycles. The van der Waals surface area contributed by atoms with Gasteiger partial charge in [-0.15, -0.1) is 0 Å². The topological polar surface area (TPSA) is 95.2 Å². The van der Waals surface area contributed by atoms with Crippen LogP contribution in [-0.4, -0.2) is 39.8 Å². The number of carbonyl (C=O) groups is 2. The van der Waals surface area contributed by atoms with Crippen molar-refractivity contribution < 1.29 is 9.59 Å². The lowest BCUT2D eigenvalue weighted by molar-refractivity contribution is -0.116. The number of aryl methyl sites for hydroxylation is 2. The smallest absolute Gasteiger partial charge is 0.254 e. The van der Waals surface area contributed by atoms with Crippen molar-refractivity contribution in [3.05, 3.63) is 57.3 Å². The predicted octanol–water partition coefficient (Wildman–Crippen LogP) is 2.19. The van der Waals surface area contributed by atoms with E-state index >= 15 is 0 Å². The highest BCUT2D eigenvalue weighted by atomic mass is 16.2. The van der Waals surface area contributed by atoms with Crippen molar-refractivity contribution in [3.63, 3.8) is 0 Å². The number of likely N-dealkylation sites (tertiary alicyclic amines) is 1. The summed E-state index contributed by atoms with van der Waals surface area (Å²) >= 11 is 0. The van der Waals surface area contributed by atoms with Crippen LogP contribution in [0.25, 0.3) is 0 Å². The van der Waals surface area contributed by atoms with Crippen molar-refractivity contribution in [2.75, 3.05) is 18.4 Å². The van der Waals surface area contributed by atoms with Gasteiger partial charge in [-0.1, -0.05) is 0 Å². The lowest BCUT2D eigenvalue weighted by atomic mass is 10.1. The summed E-state index contributed by atoms with van der Waals surface area (Å²) in [6, 6.07) is 6.92. The number of anilines is 1. The molecule has 1 aromatic heterocycles. The molecule has 7 heteroatoms. The van der Waals surface area contributed by atoms with Gasteiger partial charge in [0.1, 0.15) is 5.82 Å². The normalized spacial score (nSPS) is 13.6. The number of aromatic amines is 1. The van der Waals surface area contributed by atoms with Gasteiger partial charge in [-0.05, 0) is 57.4 Å². The Kier molecular flexibility index (Phi) is 5.69. The molecule has 3 rings (SSSR count).